The third kappa shape index (κ3) is 2.15. The van der Waals surface area contributed by atoms with Gasteiger partial charge >= 0.3 is 0 Å². The fourth-order valence-electron chi connectivity index (χ4n) is 2.84. The summed E-state index contributed by atoms with van der Waals surface area (Å²) in [7, 11) is 0. The Morgan fingerprint density at radius 1 is 0.913 bits per heavy atom. The molecule has 1 heterocycles. The third-order valence-electron chi connectivity index (χ3n) is 3.85. The fourth-order valence-corrected chi connectivity index (χ4v) is 3.01. The van der Waals surface area contributed by atoms with E-state index in [1.807, 2.05) is 42.5 Å². The maximum absolute atomic E-state index is 11.4. The zero-order valence-corrected chi connectivity index (χ0v) is 12.6. The van der Waals surface area contributed by atoms with Crippen molar-refractivity contribution in [1.29, 1.82) is 0 Å². The number of nitro groups is 1. The maximum atomic E-state index is 11.4. The summed E-state index contributed by atoms with van der Waals surface area (Å²) in [5.74, 6) is 0. The fraction of sp³-hybridized carbons (Fsp3) is 0. The number of halogens is 1. The van der Waals surface area contributed by atoms with Crippen molar-refractivity contribution in [1.82, 2.24) is 0 Å². The molecule has 1 aromatic heterocycles. The molecule has 0 spiro atoms. The van der Waals surface area contributed by atoms with Crippen LogP contribution < -0.4 is 0 Å². The Kier molecular flexibility index (Phi) is 3.06. The molecule has 3 aromatic carbocycles. The van der Waals surface area contributed by atoms with Crippen molar-refractivity contribution >= 4 is 39.2 Å². The normalized spacial score (nSPS) is 11.2. The van der Waals surface area contributed by atoms with Crippen molar-refractivity contribution in [3.8, 4) is 11.1 Å². The highest BCUT2D eigenvalue weighted by atomic mass is 35.5. The predicted octanol–water partition coefficient (Wildman–Crippen LogP) is 5.81. The molecule has 23 heavy (non-hydrogen) atoms. The molecule has 4 aromatic rings. The van der Waals surface area contributed by atoms with Gasteiger partial charge in [-0.2, -0.15) is 0 Å². The molecule has 0 saturated heterocycles. The molecule has 0 aliphatic carbocycles. The average molecular weight is 324 g/mol. The lowest BCUT2D eigenvalue weighted by Gasteiger charge is -2.04. The van der Waals surface area contributed by atoms with Crippen molar-refractivity contribution in [3.05, 3.63) is 75.8 Å². The van der Waals surface area contributed by atoms with Gasteiger partial charge < -0.3 is 4.42 Å². The van der Waals surface area contributed by atoms with Gasteiger partial charge in [-0.3, -0.25) is 10.1 Å². The Bertz CT molecular complexity index is 1070. The summed E-state index contributed by atoms with van der Waals surface area (Å²) in [4.78, 5) is 10.9. The van der Waals surface area contributed by atoms with E-state index in [1.165, 1.54) is 6.07 Å². The number of hydrogen-bond donors (Lipinski definition) is 0. The van der Waals surface area contributed by atoms with E-state index in [2.05, 4.69) is 0 Å². The van der Waals surface area contributed by atoms with Gasteiger partial charge in [-0.1, -0.05) is 48.0 Å². The largest absolute Gasteiger partial charge is 0.455 e. The summed E-state index contributed by atoms with van der Waals surface area (Å²) in [5.41, 5.74) is 2.53. The lowest BCUT2D eigenvalue weighted by Crippen LogP contribution is -1.92. The Labute approximate surface area is 136 Å². The van der Waals surface area contributed by atoms with Gasteiger partial charge in [-0.25, -0.2) is 0 Å². The first-order valence-corrected chi connectivity index (χ1v) is 7.37. The van der Waals surface area contributed by atoms with E-state index in [4.69, 9.17) is 16.0 Å². The van der Waals surface area contributed by atoms with Gasteiger partial charge in [0, 0.05) is 27.4 Å². The van der Waals surface area contributed by atoms with Crippen molar-refractivity contribution in [2.45, 2.75) is 0 Å². The van der Waals surface area contributed by atoms with Crippen LogP contribution in [0.25, 0.3) is 33.1 Å². The highest BCUT2D eigenvalue weighted by Crippen LogP contribution is 2.39. The molecule has 0 aliphatic rings. The van der Waals surface area contributed by atoms with Crippen molar-refractivity contribution in [3.63, 3.8) is 0 Å². The molecule has 0 fully saturated rings. The van der Waals surface area contributed by atoms with Crippen LogP contribution in [0.4, 0.5) is 5.69 Å². The van der Waals surface area contributed by atoms with E-state index in [0.29, 0.717) is 21.7 Å². The average Bonchev–Trinajstić information content (AvgIpc) is 2.93. The molecule has 0 N–H and O–H groups in total. The van der Waals surface area contributed by atoms with Gasteiger partial charge in [0.05, 0.1) is 10.5 Å². The third-order valence-corrected chi connectivity index (χ3v) is 4.09. The van der Waals surface area contributed by atoms with E-state index < -0.39 is 4.92 Å². The zero-order valence-electron chi connectivity index (χ0n) is 11.8. The van der Waals surface area contributed by atoms with E-state index in [1.54, 1.807) is 12.1 Å². The first-order valence-electron chi connectivity index (χ1n) is 7.00. The number of rotatable bonds is 2. The Morgan fingerprint density at radius 3 is 2.52 bits per heavy atom. The molecule has 0 saturated carbocycles. The molecule has 0 atom stereocenters. The predicted molar refractivity (Wildman–Crippen MR) is 90.8 cm³/mol. The van der Waals surface area contributed by atoms with Crippen LogP contribution in [0.5, 0.6) is 0 Å². The smallest absolute Gasteiger partial charge is 0.278 e. The Balaban J connectivity index is 2.09. The molecule has 4 rings (SSSR count). The molecule has 0 radical (unpaired) electrons. The lowest BCUT2D eigenvalue weighted by molar-refractivity contribution is -0.384. The summed E-state index contributed by atoms with van der Waals surface area (Å²) in [5, 5.41) is 13.6. The van der Waals surface area contributed by atoms with E-state index in [-0.39, 0.29) is 5.69 Å². The van der Waals surface area contributed by atoms with E-state index >= 15 is 0 Å². The molecule has 4 nitrogen and oxygen atoms in total. The maximum Gasteiger partial charge on any atom is 0.278 e. The first-order chi connectivity index (χ1) is 11.1. The summed E-state index contributed by atoms with van der Waals surface area (Å²) in [6, 6.07) is 18.0. The van der Waals surface area contributed by atoms with Crippen molar-refractivity contribution in [2.24, 2.45) is 0 Å². The second kappa shape index (κ2) is 5.11. The van der Waals surface area contributed by atoms with E-state index in [0.717, 1.165) is 16.4 Å². The number of furan rings is 1. The highest BCUT2D eigenvalue weighted by Gasteiger charge is 2.20. The molecule has 0 unspecified atom stereocenters. The van der Waals surface area contributed by atoms with Crippen LogP contribution in [0.15, 0.2) is 65.1 Å². The number of nitro benzene ring substituents is 1. The molecule has 5 heteroatoms. The van der Waals surface area contributed by atoms with Gasteiger partial charge in [0.15, 0.2) is 0 Å². The number of nitrogens with zero attached hydrogens (tertiary/aromatic N) is 1. The quantitative estimate of drug-likeness (QED) is 0.345. The van der Waals surface area contributed by atoms with Crippen LogP contribution in [0.3, 0.4) is 0 Å². The Morgan fingerprint density at radius 2 is 1.70 bits per heavy atom. The zero-order chi connectivity index (χ0) is 16.0. The van der Waals surface area contributed by atoms with Gasteiger partial charge in [0.2, 0.25) is 0 Å². The topological polar surface area (TPSA) is 56.3 Å². The summed E-state index contributed by atoms with van der Waals surface area (Å²) < 4.78 is 5.95. The second-order valence-electron chi connectivity index (χ2n) is 5.20. The standard InChI is InChI=1S/C18H10ClNO3/c19-11-8-9-12(16(10-11)20(21)22)14-5-3-6-15-13-4-1-2-7-17(13)23-18(14)15/h1-10H. The summed E-state index contributed by atoms with van der Waals surface area (Å²) >= 11 is 5.90. The summed E-state index contributed by atoms with van der Waals surface area (Å²) in [6.07, 6.45) is 0. The van der Waals surface area contributed by atoms with Gasteiger partial charge in [-0.05, 0) is 18.2 Å². The highest BCUT2D eigenvalue weighted by molar-refractivity contribution is 6.31. The number of hydrogen-bond acceptors (Lipinski definition) is 3. The molecule has 0 amide bonds. The van der Waals surface area contributed by atoms with Crippen LogP contribution >= 0.6 is 11.6 Å². The van der Waals surface area contributed by atoms with Crippen LogP contribution in [0.1, 0.15) is 0 Å². The van der Waals surface area contributed by atoms with Gasteiger partial charge in [0.1, 0.15) is 11.2 Å². The molecular weight excluding hydrogens is 314 g/mol. The molecular formula is C18H10ClNO3. The second-order valence-corrected chi connectivity index (χ2v) is 5.64. The number of fused-ring (bicyclic) bond motifs is 3. The first kappa shape index (κ1) is 13.8. The van der Waals surface area contributed by atoms with Gasteiger partial charge in [-0.15, -0.1) is 0 Å². The number of benzene rings is 3. The monoisotopic (exact) mass is 323 g/mol. The minimum Gasteiger partial charge on any atom is -0.455 e. The SMILES string of the molecule is O=[N+]([O-])c1cc(Cl)ccc1-c1cccc2c1oc1ccccc12. The van der Waals surface area contributed by atoms with Gasteiger partial charge in [0.25, 0.3) is 5.69 Å². The van der Waals surface area contributed by atoms with E-state index in [9.17, 15) is 10.1 Å². The minimum atomic E-state index is -0.428. The Hall–Kier alpha value is -2.85. The molecule has 0 aliphatic heterocycles. The lowest BCUT2D eigenvalue weighted by atomic mass is 10.0. The van der Waals surface area contributed by atoms with Crippen LogP contribution in [-0.4, -0.2) is 4.92 Å². The van der Waals surface area contributed by atoms with Crippen LogP contribution in [0, 0.1) is 10.1 Å². The molecule has 0 bridgehead atoms. The van der Waals surface area contributed by atoms with Crippen molar-refractivity contribution in [2.75, 3.05) is 0 Å². The number of para-hydroxylation sites is 2. The minimum absolute atomic E-state index is 0.0366. The van der Waals surface area contributed by atoms with Crippen molar-refractivity contribution < 1.29 is 9.34 Å². The summed E-state index contributed by atoms with van der Waals surface area (Å²) in [6.45, 7) is 0. The van der Waals surface area contributed by atoms with Crippen LogP contribution in [0.2, 0.25) is 5.02 Å². The molecule has 112 valence electrons. The van der Waals surface area contributed by atoms with Crippen LogP contribution in [-0.2, 0) is 0 Å².